The van der Waals surface area contributed by atoms with E-state index in [2.05, 4.69) is 28.0 Å². The summed E-state index contributed by atoms with van der Waals surface area (Å²) >= 11 is 7.24. The van der Waals surface area contributed by atoms with Crippen LogP contribution in [0.2, 0.25) is 0 Å². The minimum Gasteiger partial charge on any atom is -0.386 e. The smallest absolute Gasteiger partial charge is 0.110 e. The molecule has 1 aromatic heterocycles. The summed E-state index contributed by atoms with van der Waals surface area (Å²) in [5, 5.41) is 15.3. The minimum absolute atomic E-state index is 0.255. The van der Waals surface area contributed by atoms with Crippen molar-refractivity contribution < 1.29 is 5.11 Å². The number of hydrogen-bond donors (Lipinski definition) is 1. The lowest BCUT2D eigenvalue weighted by molar-refractivity contribution is 0.163. The molecule has 2 rings (SSSR count). The summed E-state index contributed by atoms with van der Waals surface area (Å²) < 4.78 is 2.65. The van der Waals surface area contributed by atoms with Crippen molar-refractivity contribution >= 4 is 39.5 Å². The van der Waals surface area contributed by atoms with Gasteiger partial charge in [0.15, 0.2) is 0 Å². The van der Waals surface area contributed by atoms with Gasteiger partial charge < -0.3 is 5.11 Å². The van der Waals surface area contributed by atoms with Crippen molar-refractivity contribution in [1.29, 1.82) is 0 Å². The predicted molar refractivity (Wildman–Crippen MR) is 74.0 cm³/mol. The molecule has 3 nitrogen and oxygen atoms in total. The fourth-order valence-corrected chi connectivity index (χ4v) is 5.29. The highest BCUT2D eigenvalue weighted by atomic mass is 79.9. The maximum absolute atomic E-state index is 10.4. The second-order valence-electron chi connectivity index (χ2n) is 3.86. The normalized spacial score (nSPS) is 28.0. The van der Waals surface area contributed by atoms with Gasteiger partial charge >= 0.3 is 0 Å². The first-order chi connectivity index (χ1) is 7.61. The molecule has 0 radical (unpaired) electrons. The van der Waals surface area contributed by atoms with Crippen LogP contribution < -0.4 is 0 Å². The summed E-state index contributed by atoms with van der Waals surface area (Å²) in [7, 11) is 1.87. The van der Waals surface area contributed by atoms with E-state index in [1.54, 1.807) is 10.9 Å². The lowest BCUT2D eigenvalue weighted by Crippen LogP contribution is -2.30. The molecular formula is C10H15BrN2OS2. The fraction of sp³-hybridized carbons (Fsp3) is 0.700. The van der Waals surface area contributed by atoms with Gasteiger partial charge in [0.25, 0.3) is 0 Å². The molecule has 0 amide bonds. The molecule has 0 aromatic carbocycles. The fourth-order valence-electron chi connectivity index (χ4n) is 1.90. The first kappa shape index (κ1) is 12.8. The third-order valence-corrected chi connectivity index (χ3v) is 6.56. The molecule has 1 aromatic rings. The Morgan fingerprint density at radius 2 is 2.25 bits per heavy atom. The van der Waals surface area contributed by atoms with Gasteiger partial charge in [0.2, 0.25) is 0 Å². The molecule has 1 aliphatic rings. The molecule has 1 saturated heterocycles. The standard InChI is InChI=1S/C10H15BrN2OS2/c1-6-10(16-4-3-15-6)9(14)8-7(11)5-12-13(8)2/h5-6,9-10,14H,3-4H2,1-2H3. The summed E-state index contributed by atoms with van der Waals surface area (Å²) in [5.74, 6) is 2.30. The topological polar surface area (TPSA) is 38.1 Å². The van der Waals surface area contributed by atoms with Crippen molar-refractivity contribution in [2.45, 2.75) is 23.5 Å². The SMILES string of the molecule is CC1SCCSC1C(O)c1c(Br)cnn1C. The highest BCUT2D eigenvalue weighted by Crippen LogP contribution is 2.39. The van der Waals surface area contributed by atoms with Gasteiger partial charge in [0.05, 0.1) is 16.4 Å². The summed E-state index contributed by atoms with van der Waals surface area (Å²) in [4.78, 5) is 0. The quantitative estimate of drug-likeness (QED) is 0.907. The number of hydrogen-bond acceptors (Lipinski definition) is 4. The number of aliphatic hydroxyl groups is 1. The van der Waals surface area contributed by atoms with Crippen molar-refractivity contribution in [3.8, 4) is 0 Å². The van der Waals surface area contributed by atoms with Crippen LogP contribution in [0.25, 0.3) is 0 Å². The molecule has 6 heteroatoms. The van der Waals surface area contributed by atoms with Crippen LogP contribution in [0.15, 0.2) is 10.7 Å². The Kier molecular flexibility index (Phi) is 4.26. The summed E-state index contributed by atoms with van der Waals surface area (Å²) in [5.41, 5.74) is 0.881. The Balaban J connectivity index is 2.20. The number of aliphatic hydroxyl groups excluding tert-OH is 1. The van der Waals surface area contributed by atoms with Crippen molar-refractivity contribution in [2.24, 2.45) is 7.05 Å². The van der Waals surface area contributed by atoms with Crippen molar-refractivity contribution in [3.05, 3.63) is 16.4 Å². The number of nitrogens with zero attached hydrogens (tertiary/aromatic N) is 2. The molecule has 0 spiro atoms. The Hall–Kier alpha value is 0.350. The number of aromatic nitrogens is 2. The van der Waals surface area contributed by atoms with Crippen LogP contribution >= 0.6 is 39.5 Å². The van der Waals surface area contributed by atoms with E-state index < -0.39 is 6.10 Å². The van der Waals surface area contributed by atoms with Gasteiger partial charge in [-0.05, 0) is 15.9 Å². The molecular weight excluding hydrogens is 308 g/mol. The first-order valence-corrected chi connectivity index (χ1v) is 8.09. The summed E-state index contributed by atoms with van der Waals surface area (Å²) in [6.45, 7) is 2.19. The van der Waals surface area contributed by atoms with E-state index in [0.717, 1.165) is 15.9 Å². The van der Waals surface area contributed by atoms with Gasteiger partial charge in [0, 0.05) is 29.1 Å². The number of thioether (sulfide) groups is 2. The zero-order valence-electron chi connectivity index (χ0n) is 9.26. The average Bonchev–Trinajstić information content (AvgIpc) is 2.58. The molecule has 1 N–H and O–H groups in total. The molecule has 0 aliphatic carbocycles. The van der Waals surface area contributed by atoms with E-state index in [1.807, 2.05) is 30.6 Å². The lowest BCUT2D eigenvalue weighted by Gasteiger charge is -2.31. The highest BCUT2D eigenvalue weighted by molar-refractivity contribution is 9.10. The molecule has 3 atom stereocenters. The molecule has 16 heavy (non-hydrogen) atoms. The van der Waals surface area contributed by atoms with E-state index in [9.17, 15) is 5.11 Å². The lowest BCUT2D eigenvalue weighted by atomic mass is 10.1. The molecule has 90 valence electrons. The molecule has 3 unspecified atom stereocenters. The molecule has 1 aliphatic heterocycles. The molecule has 1 fully saturated rings. The van der Waals surface area contributed by atoms with E-state index in [0.29, 0.717) is 5.25 Å². The Morgan fingerprint density at radius 3 is 2.81 bits per heavy atom. The number of halogens is 1. The largest absolute Gasteiger partial charge is 0.386 e. The maximum atomic E-state index is 10.4. The third kappa shape index (κ3) is 2.44. The predicted octanol–water partition coefficient (Wildman–Crippen LogP) is 2.45. The van der Waals surface area contributed by atoms with Gasteiger partial charge in [-0.25, -0.2) is 0 Å². The van der Waals surface area contributed by atoms with E-state index in [1.165, 1.54) is 5.75 Å². The van der Waals surface area contributed by atoms with E-state index in [-0.39, 0.29) is 5.25 Å². The van der Waals surface area contributed by atoms with Crippen LogP contribution in [0.4, 0.5) is 0 Å². The van der Waals surface area contributed by atoms with Gasteiger partial charge in [-0.3, -0.25) is 4.68 Å². The Morgan fingerprint density at radius 1 is 1.56 bits per heavy atom. The van der Waals surface area contributed by atoms with E-state index >= 15 is 0 Å². The van der Waals surface area contributed by atoms with Gasteiger partial charge in [-0.15, -0.1) is 0 Å². The first-order valence-electron chi connectivity index (χ1n) is 5.20. The minimum atomic E-state index is -0.449. The third-order valence-electron chi connectivity index (χ3n) is 2.77. The maximum Gasteiger partial charge on any atom is 0.110 e. The van der Waals surface area contributed by atoms with Crippen LogP contribution in [0.5, 0.6) is 0 Å². The zero-order chi connectivity index (χ0) is 11.7. The number of rotatable bonds is 2. The second kappa shape index (κ2) is 5.33. The van der Waals surface area contributed by atoms with Crippen LogP contribution in [-0.4, -0.2) is 36.9 Å². The highest BCUT2D eigenvalue weighted by Gasteiger charge is 2.32. The van der Waals surface area contributed by atoms with Crippen LogP contribution in [0, 0.1) is 0 Å². The molecule has 0 bridgehead atoms. The van der Waals surface area contributed by atoms with Crippen LogP contribution in [0.1, 0.15) is 18.7 Å². The van der Waals surface area contributed by atoms with E-state index in [4.69, 9.17) is 0 Å². The zero-order valence-corrected chi connectivity index (χ0v) is 12.5. The van der Waals surface area contributed by atoms with Gasteiger partial charge in [-0.1, -0.05) is 6.92 Å². The average molecular weight is 323 g/mol. The van der Waals surface area contributed by atoms with Gasteiger partial charge in [-0.2, -0.15) is 28.6 Å². The Labute approximate surface area is 112 Å². The van der Waals surface area contributed by atoms with Crippen LogP contribution in [0.3, 0.4) is 0 Å². The second-order valence-corrected chi connectivity index (χ2v) is 7.48. The summed E-state index contributed by atoms with van der Waals surface area (Å²) in [6.07, 6.45) is 1.29. The van der Waals surface area contributed by atoms with Crippen molar-refractivity contribution in [2.75, 3.05) is 11.5 Å². The molecule has 0 saturated carbocycles. The Bertz CT molecular complexity index is 352. The summed E-state index contributed by atoms with van der Waals surface area (Å²) in [6, 6.07) is 0. The van der Waals surface area contributed by atoms with Crippen LogP contribution in [-0.2, 0) is 7.05 Å². The monoisotopic (exact) mass is 322 g/mol. The number of aryl methyl sites for hydroxylation is 1. The van der Waals surface area contributed by atoms with Crippen molar-refractivity contribution in [3.63, 3.8) is 0 Å². The molecule has 2 heterocycles. The van der Waals surface area contributed by atoms with Gasteiger partial charge in [0.1, 0.15) is 6.10 Å². The van der Waals surface area contributed by atoms with Crippen molar-refractivity contribution in [1.82, 2.24) is 9.78 Å².